The second-order valence-electron chi connectivity index (χ2n) is 4.77. The highest BCUT2D eigenvalue weighted by molar-refractivity contribution is 5.92. The van der Waals surface area contributed by atoms with Crippen molar-refractivity contribution in [1.82, 2.24) is 9.80 Å². The monoisotopic (exact) mass is 290 g/mol. The van der Waals surface area contributed by atoms with Crippen LogP contribution in [-0.2, 0) is 16.1 Å². The second kappa shape index (κ2) is 6.37. The molecule has 0 aromatic heterocycles. The minimum absolute atomic E-state index is 0.0182. The fraction of sp³-hybridized carbons (Fsp3) is 0.333. The number of carbonyl (C=O) groups is 2. The Bertz CT molecular complexity index is 634. The molecule has 0 unspecified atom stereocenters. The highest BCUT2D eigenvalue weighted by Gasteiger charge is 2.27. The van der Waals surface area contributed by atoms with Crippen LogP contribution in [0.3, 0.4) is 0 Å². The molecule has 110 valence electrons. The van der Waals surface area contributed by atoms with Crippen molar-refractivity contribution >= 4 is 11.8 Å². The molecule has 1 aromatic carbocycles. The molecule has 21 heavy (non-hydrogen) atoms. The standard InChI is InChI=1S/C15H15FN2O3/c1-17-9-15(21)18(10-14(17)20)8-11-4-5-13(16)12(7-11)3-2-6-19/h4-5,7,19H,6,8-10H2,1H3. The zero-order valence-electron chi connectivity index (χ0n) is 11.6. The van der Waals surface area contributed by atoms with Crippen LogP contribution in [0, 0.1) is 17.7 Å². The van der Waals surface area contributed by atoms with Crippen molar-refractivity contribution in [3.05, 3.63) is 35.1 Å². The third kappa shape index (κ3) is 3.58. The van der Waals surface area contributed by atoms with E-state index in [9.17, 15) is 14.0 Å². The molecule has 1 aliphatic rings. The van der Waals surface area contributed by atoms with Crippen LogP contribution in [0.15, 0.2) is 18.2 Å². The largest absolute Gasteiger partial charge is 0.384 e. The van der Waals surface area contributed by atoms with E-state index < -0.39 is 5.82 Å². The fourth-order valence-electron chi connectivity index (χ4n) is 2.03. The van der Waals surface area contributed by atoms with Gasteiger partial charge in [-0.25, -0.2) is 4.39 Å². The number of hydrogen-bond donors (Lipinski definition) is 1. The van der Waals surface area contributed by atoms with E-state index in [0.29, 0.717) is 5.56 Å². The summed E-state index contributed by atoms with van der Waals surface area (Å²) in [5.41, 5.74) is 0.846. The smallest absolute Gasteiger partial charge is 0.242 e. The maximum Gasteiger partial charge on any atom is 0.242 e. The molecule has 0 aliphatic carbocycles. The molecule has 2 amide bonds. The van der Waals surface area contributed by atoms with Gasteiger partial charge in [-0.05, 0) is 17.7 Å². The third-order valence-corrected chi connectivity index (χ3v) is 3.18. The number of aliphatic hydroxyl groups is 1. The second-order valence-corrected chi connectivity index (χ2v) is 4.77. The lowest BCUT2D eigenvalue weighted by Gasteiger charge is -2.31. The molecule has 1 N–H and O–H groups in total. The highest BCUT2D eigenvalue weighted by Crippen LogP contribution is 2.14. The van der Waals surface area contributed by atoms with Gasteiger partial charge in [0.2, 0.25) is 11.8 Å². The van der Waals surface area contributed by atoms with Crippen LogP contribution in [0.5, 0.6) is 0 Å². The van der Waals surface area contributed by atoms with Gasteiger partial charge in [-0.2, -0.15) is 0 Å². The summed E-state index contributed by atoms with van der Waals surface area (Å²) in [5, 5.41) is 8.65. The molecule has 5 nitrogen and oxygen atoms in total. The maximum atomic E-state index is 13.5. The van der Waals surface area contributed by atoms with E-state index in [1.54, 1.807) is 13.1 Å². The van der Waals surface area contributed by atoms with Crippen molar-refractivity contribution in [1.29, 1.82) is 0 Å². The lowest BCUT2D eigenvalue weighted by molar-refractivity contribution is -0.149. The summed E-state index contributed by atoms with van der Waals surface area (Å²) in [7, 11) is 1.58. The fourth-order valence-corrected chi connectivity index (χ4v) is 2.03. The molecule has 1 saturated heterocycles. The molecule has 1 fully saturated rings. The van der Waals surface area contributed by atoms with Gasteiger partial charge in [0.05, 0.1) is 12.1 Å². The zero-order valence-corrected chi connectivity index (χ0v) is 11.6. The average molecular weight is 290 g/mol. The molecule has 1 aliphatic heterocycles. The third-order valence-electron chi connectivity index (χ3n) is 3.18. The Kier molecular flexibility index (Phi) is 4.55. The maximum absolute atomic E-state index is 13.5. The van der Waals surface area contributed by atoms with E-state index in [1.165, 1.54) is 21.9 Å². The van der Waals surface area contributed by atoms with Crippen molar-refractivity contribution in [3.63, 3.8) is 0 Å². The van der Waals surface area contributed by atoms with E-state index >= 15 is 0 Å². The minimum atomic E-state index is -0.486. The number of amides is 2. The molecule has 1 aromatic rings. The molecule has 0 radical (unpaired) electrons. The van der Waals surface area contributed by atoms with Crippen LogP contribution in [0.4, 0.5) is 4.39 Å². The summed E-state index contributed by atoms with van der Waals surface area (Å²) in [5.74, 6) is 4.13. The van der Waals surface area contributed by atoms with Gasteiger partial charge in [0.25, 0.3) is 0 Å². The highest BCUT2D eigenvalue weighted by atomic mass is 19.1. The summed E-state index contributed by atoms with van der Waals surface area (Å²) in [6.45, 7) is -0.0524. The molecule has 0 spiro atoms. The van der Waals surface area contributed by atoms with Crippen LogP contribution in [0.2, 0.25) is 0 Å². The van der Waals surface area contributed by atoms with Crippen molar-refractivity contribution in [2.75, 3.05) is 26.7 Å². The quantitative estimate of drug-likeness (QED) is 0.778. The van der Waals surface area contributed by atoms with Crippen molar-refractivity contribution in [2.45, 2.75) is 6.54 Å². The van der Waals surface area contributed by atoms with Crippen LogP contribution in [0.1, 0.15) is 11.1 Å². The Morgan fingerprint density at radius 3 is 2.76 bits per heavy atom. The minimum Gasteiger partial charge on any atom is -0.384 e. The molecular weight excluding hydrogens is 275 g/mol. The average Bonchev–Trinajstić information content (AvgIpc) is 2.45. The molecule has 0 atom stereocenters. The Morgan fingerprint density at radius 2 is 2.05 bits per heavy atom. The lowest BCUT2D eigenvalue weighted by Crippen LogP contribution is -2.51. The predicted octanol–water partition coefficient (Wildman–Crippen LogP) is -0.0299. The van der Waals surface area contributed by atoms with Gasteiger partial charge in [-0.15, -0.1) is 0 Å². The van der Waals surface area contributed by atoms with Gasteiger partial charge in [0.15, 0.2) is 0 Å². The molecular formula is C15H15FN2O3. The number of aliphatic hydroxyl groups excluding tert-OH is 1. The van der Waals surface area contributed by atoms with Crippen molar-refractivity contribution < 1.29 is 19.1 Å². The Labute approximate surface area is 122 Å². The van der Waals surface area contributed by atoms with E-state index in [1.807, 2.05) is 0 Å². The number of benzene rings is 1. The number of halogens is 1. The number of piperazine rings is 1. The molecule has 2 rings (SSSR count). The molecule has 0 bridgehead atoms. The summed E-state index contributed by atoms with van der Waals surface area (Å²) in [4.78, 5) is 26.3. The van der Waals surface area contributed by atoms with Crippen LogP contribution in [0.25, 0.3) is 0 Å². The molecule has 6 heteroatoms. The Morgan fingerprint density at radius 1 is 1.29 bits per heavy atom. The number of likely N-dealkylation sites (N-methyl/N-ethyl adjacent to an activating group) is 1. The lowest BCUT2D eigenvalue weighted by atomic mass is 10.1. The Balaban J connectivity index is 2.16. The molecule has 1 heterocycles. The van der Waals surface area contributed by atoms with Gasteiger partial charge in [0.1, 0.15) is 19.0 Å². The van der Waals surface area contributed by atoms with Gasteiger partial charge in [-0.1, -0.05) is 17.9 Å². The first-order chi connectivity index (χ1) is 10.0. The van der Waals surface area contributed by atoms with Crippen LogP contribution in [-0.4, -0.2) is 53.5 Å². The number of nitrogens with zero attached hydrogens (tertiary/aromatic N) is 2. The number of rotatable bonds is 2. The van der Waals surface area contributed by atoms with Gasteiger partial charge in [-0.3, -0.25) is 9.59 Å². The van der Waals surface area contributed by atoms with E-state index in [0.717, 1.165) is 0 Å². The predicted molar refractivity (Wildman–Crippen MR) is 73.4 cm³/mol. The van der Waals surface area contributed by atoms with Crippen molar-refractivity contribution in [3.8, 4) is 11.8 Å². The van der Waals surface area contributed by atoms with E-state index in [-0.39, 0.29) is 43.6 Å². The normalized spacial score (nSPS) is 15.0. The summed E-state index contributed by atoms with van der Waals surface area (Å²) >= 11 is 0. The SMILES string of the molecule is CN1CC(=O)N(Cc2ccc(F)c(C#CCO)c2)CC1=O. The first-order valence-corrected chi connectivity index (χ1v) is 6.41. The number of hydrogen-bond acceptors (Lipinski definition) is 3. The first kappa shape index (κ1) is 15.0. The topological polar surface area (TPSA) is 60.9 Å². The zero-order chi connectivity index (χ0) is 15.4. The Hall–Kier alpha value is -2.39. The van der Waals surface area contributed by atoms with Crippen molar-refractivity contribution in [2.24, 2.45) is 0 Å². The van der Waals surface area contributed by atoms with Gasteiger partial charge >= 0.3 is 0 Å². The van der Waals surface area contributed by atoms with E-state index in [4.69, 9.17) is 5.11 Å². The summed E-state index contributed by atoms with van der Waals surface area (Å²) < 4.78 is 13.5. The van der Waals surface area contributed by atoms with Gasteiger partial charge < -0.3 is 14.9 Å². The molecule has 0 saturated carbocycles. The van der Waals surface area contributed by atoms with Crippen LogP contribution >= 0.6 is 0 Å². The van der Waals surface area contributed by atoms with Gasteiger partial charge in [0, 0.05) is 13.6 Å². The van der Waals surface area contributed by atoms with E-state index in [2.05, 4.69) is 11.8 Å². The first-order valence-electron chi connectivity index (χ1n) is 6.41. The van der Waals surface area contributed by atoms with Crippen LogP contribution < -0.4 is 0 Å². The number of carbonyl (C=O) groups excluding carboxylic acids is 2. The summed E-state index contributed by atoms with van der Waals surface area (Å²) in [6.07, 6.45) is 0. The summed E-state index contributed by atoms with van der Waals surface area (Å²) in [6, 6.07) is 4.34.